The Hall–Kier alpha value is -2.82. The summed E-state index contributed by atoms with van der Waals surface area (Å²) < 4.78 is 29.1. The van der Waals surface area contributed by atoms with Gasteiger partial charge in [-0.25, -0.2) is 13.6 Å². The van der Waals surface area contributed by atoms with Crippen LogP contribution in [-0.2, 0) is 0 Å². The minimum atomic E-state index is -0.843. The molecule has 0 spiro atoms. The van der Waals surface area contributed by atoms with Gasteiger partial charge in [-0.1, -0.05) is 30.2 Å². The summed E-state index contributed by atoms with van der Waals surface area (Å²) in [6.07, 6.45) is 6.30. The van der Waals surface area contributed by atoms with Gasteiger partial charge in [0, 0.05) is 17.8 Å². The lowest BCUT2D eigenvalue weighted by molar-refractivity contribution is 0.0835. The molecule has 1 aliphatic heterocycles. The van der Waals surface area contributed by atoms with Crippen molar-refractivity contribution in [2.75, 3.05) is 6.54 Å². The van der Waals surface area contributed by atoms with Crippen molar-refractivity contribution in [3.8, 4) is 11.3 Å². The van der Waals surface area contributed by atoms with Crippen LogP contribution in [0.1, 0.15) is 38.5 Å². The van der Waals surface area contributed by atoms with Crippen LogP contribution in [0.2, 0.25) is 0 Å². The van der Waals surface area contributed by atoms with Gasteiger partial charge in [0.05, 0.1) is 5.56 Å². The molecule has 1 saturated carbocycles. The summed E-state index contributed by atoms with van der Waals surface area (Å²) in [5.41, 5.74) is -0.678. The molecule has 1 aliphatic carbocycles. The second-order valence-corrected chi connectivity index (χ2v) is 7.11. The molecule has 2 unspecified atom stereocenters. The smallest absolute Gasteiger partial charge is 0.360 e. The van der Waals surface area contributed by atoms with Crippen LogP contribution >= 0.6 is 0 Å². The third-order valence-electron chi connectivity index (χ3n) is 5.62. The van der Waals surface area contributed by atoms with E-state index >= 15 is 0 Å². The lowest BCUT2D eigenvalue weighted by Crippen LogP contribution is -2.51. The van der Waals surface area contributed by atoms with Crippen molar-refractivity contribution in [2.45, 2.75) is 44.6 Å². The summed E-state index contributed by atoms with van der Waals surface area (Å²) in [6.45, 7) is 8.03. The van der Waals surface area contributed by atoms with Crippen LogP contribution < -0.4 is 0 Å². The molecule has 4 rings (SSSR count). The van der Waals surface area contributed by atoms with Crippen molar-refractivity contribution < 1.29 is 13.6 Å². The highest BCUT2D eigenvalue weighted by atomic mass is 19.1. The second kappa shape index (κ2) is 7.06. The average Bonchev–Trinajstić information content (AvgIpc) is 3.10. The number of carbonyl (C=O) groups excluding carboxylic acids is 1. The van der Waals surface area contributed by atoms with Crippen molar-refractivity contribution in [1.82, 2.24) is 19.9 Å². The Morgan fingerprint density at radius 2 is 1.85 bits per heavy atom. The van der Waals surface area contributed by atoms with Gasteiger partial charge in [-0.15, -0.1) is 5.10 Å². The number of amides is 1. The first-order chi connectivity index (χ1) is 13.1. The number of hydrogen-bond donors (Lipinski definition) is 0. The van der Waals surface area contributed by atoms with Crippen LogP contribution in [0, 0.1) is 24.1 Å². The molecule has 8 heteroatoms. The quantitative estimate of drug-likeness (QED) is 0.699. The number of likely N-dealkylation sites (tertiary alicyclic amines) is 1. The van der Waals surface area contributed by atoms with Crippen molar-refractivity contribution in [2.24, 2.45) is 5.92 Å². The van der Waals surface area contributed by atoms with E-state index in [0.717, 1.165) is 48.9 Å². The molecule has 0 bridgehead atoms. The minimum absolute atomic E-state index is 0.136. The van der Waals surface area contributed by atoms with E-state index < -0.39 is 23.2 Å². The zero-order valence-corrected chi connectivity index (χ0v) is 14.7. The fourth-order valence-electron chi connectivity index (χ4n) is 4.38. The first kappa shape index (κ1) is 17.6. The van der Waals surface area contributed by atoms with E-state index in [0.29, 0.717) is 12.5 Å². The molecule has 6 nitrogen and oxygen atoms in total. The maximum absolute atomic E-state index is 14.1. The molecule has 2 atom stereocenters. The molecule has 2 heterocycles. The highest BCUT2D eigenvalue weighted by Gasteiger charge is 2.39. The Morgan fingerprint density at radius 1 is 1.15 bits per heavy atom. The molecule has 1 amide bonds. The third kappa shape index (κ3) is 2.97. The van der Waals surface area contributed by atoms with Crippen LogP contribution in [0.3, 0.4) is 0 Å². The van der Waals surface area contributed by atoms with Gasteiger partial charge in [-0.3, -0.25) is 0 Å². The number of carbonyl (C=O) groups is 1. The predicted octanol–water partition coefficient (Wildman–Crippen LogP) is 4.40. The van der Waals surface area contributed by atoms with E-state index in [9.17, 15) is 13.6 Å². The van der Waals surface area contributed by atoms with Crippen molar-refractivity contribution >= 4 is 11.8 Å². The minimum Gasteiger partial charge on any atom is -0.360 e. The number of aromatic nitrogens is 3. The van der Waals surface area contributed by atoms with Gasteiger partial charge in [-0.2, -0.15) is 0 Å². The molecule has 1 saturated heterocycles. The Balaban J connectivity index is 1.72. The summed E-state index contributed by atoms with van der Waals surface area (Å²) in [7, 11) is 0. The summed E-state index contributed by atoms with van der Waals surface area (Å²) in [6, 6.07) is 3.11. The van der Waals surface area contributed by atoms with Crippen LogP contribution in [0.5, 0.6) is 0 Å². The predicted molar refractivity (Wildman–Crippen MR) is 94.1 cm³/mol. The van der Waals surface area contributed by atoms with Gasteiger partial charge in [0.25, 0.3) is 5.82 Å². The van der Waals surface area contributed by atoms with E-state index in [2.05, 4.69) is 15.2 Å². The third-order valence-corrected chi connectivity index (χ3v) is 5.62. The number of benzene rings is 1. The van der Waals surface area contributed by atoms with E-state index in [-0.39, 0.29) is 17.6 Å². The van der Waals surface area contributed by atoms with Gasteiger partial charge >= 0.3 is 6.03 Å². The molecule has 0 radical (unpaired) electrons. The largest absolute Gasteiger partial charge is 0.423 e. The van der Waals surface area contributed by atoms with Gasteiger partial charge in [0.2, 0.25) is 0 Å². The number of fused-ring (bicyclic) bond motifs is 1. The zero-order valence-electron chi connectivity index (χ0n) is 14.7. The van der Waals surface area contributed by atoms with E-state index in [1.807, 2.05) is 0 Å². The highest BCUT2D eigenvalue weighted by molar-refractivity contribution is 5.85. The lowest BCUT2D eigenvalue weighted by atomic mass is 9.78. The molecule has 2 aromatic rings. The lowest BCUT2D eigenvalue weighted by Gasteiger charge is -2.42. The van der Waals surface area contributed by atoms with Gasteiger partial charge in [0.1, 0.15) is 17.3 Å². The Labute approximate surface area is 155 Å². The molecule has 2 fully saturated rings. The van der Waals surface area contributed by atoms with Crippen LogP contribution in [-0.4, -0.2) is 38.5 Å². The Morgan fingerprint density at radius 3 is 2.59 bits per heavy atom. The normalized spacial score (nSPS) is 22.2. The fraction of sp³-hybridized carbons (Fsp3) is 0.474. The molecule has 27 heavy (non-hydrogen) atoms. The fourth-order valence-corrected chi connectivity index (χ4v) is 4.38. The summed E-state index contributed by atoms with van der Waals surface area (Å²) in [5, 5.41) is 7.56. The first-order valence-corrected chi connectivity index (χ1v) is 9.20. The molecule has 140 valence electrons. The maximum atomic E-state index is 14.1. The van der Waals surface area contributed by atoms with Crippen molar-refractivity contribution in [1.29, 1.82) is 0 Å². The zero-order chi connectivity index (χ0) is 19.0. The number of rotatable bonds is 1. The van der Waals surface area contributed by atoms with E-state index in [1.165, 1.54) is 12.5 Å². The number of halogens is 2. The van der Waals surface area contributed by atoms with E-state index in [1.54, 1.807) is 4.90 Å². The molecule has 1 aromatic heterocycles. The van der Waals surface area contributed by atoms with Crippen LogP contribution in [0.15, 0.2) is 18.2 Å². The molecule has 1 aromatic carbocycles. The summed E-state index contributed by atoms with van der Waals surface area (Å²) in [5.74, 6) is -1.48. The van der Waals surface area contributed by atoms with Gasteiger partial charge in [0.15, 0.2) is 0 Å². The molecular weight excluding hydrogens is 352 g/mol. The average molecular weight is 371 g/mol. The summed E-state index contributed by atoms with van der Waals surface area (Å²) in [4.78, 5) is 18.2. The van der Waals surface area contributed by atoms with Crippen LogP contribution in [0.25, 0.3) is 16.1 Å². The van der Waals surface area contributed by atoms with E-state index in [4.69, 9.17) is 6.57 Å². The monoisotopic (exact) mass is 371 g/mol. The standard InChI is InChI=1S/C19H19F2N5O/c1-22-18-17(16-13(20)8-4-9-14(16)21)23-24-26(18)19(27)25-11-5-7-12-6-2-3-10-15(12)25/h4,8-9,12,15H,2-3,5-7,10-11H2. The number of hydrogen-bond acceptors (Lipinski definition) is 3. The van der Waals surface area contributed by atoms with Crippen molar-refractivity contribution in [3.63, 3.8) is 0 Å². The second-order valence-electron chi connectivity index (χ2n) is 7.11. The Kier molecular flexibility index (Phi) is 4.60. The number of nitrogens with zero attached hydrogens (tertiary/aromatic N) is 5. The van der Waals surface area contributed by atoms with Gasteiger partial charge in [-0.05, 0) is 43.7 Å². The molecule has 0 N–H and O–H groups in total. The highest BCUT2D eigenvalue weighted by Crippen LogP contribution is 2.37. The SMILES string of the molecule is [C-]#[N+]c1c(-c2c(F)cccc2F)nnn1C(=O)N1CCCC2CCCCC21. The summed E-state index contributed by atoms with van der Waals surface area (Å²) >= 11 is 0. The number of piperidine rings is 1. The van der Waals surface area contributed by atoms with Crippen LogP contribution in [0.4, 0.5) is 19.4 Å². The van der Waals surface area contributed by atoms with Gasteiger partial charge < -0.3 is 9.74 Å². The van der Waals surface area contributed by atoms with Crippen molar-refractivity contribution in [3.05, 3.63) is 41.3 Å². The first-order valence-electron chi connectivity index (χ1n) is 9.20. The maximum Gasteiger partial charge on any atom is 0.423 e. The molecule has 2 aliphatic rings. The Bertz CT molecular complexity index is 897. The molecular formula is C19H19F2N5O. The topological polar surface area (TPSA) is 55.4 Å².